The molecule has 1 fully saturated rings. The Kier molecular flexibility index (Phi) is 5.12. The molecule has 1 saturated heterocycles. The van der Waals surface area contributed by atoms with Crippen LogP contribution in [0, 0.1) is 0 Å². The number of nitrogens with one attached hydrogen (secondary N) is 1. The molecule has 5 nitrogen and oxygen atoms in total. The number of hydrogen-bond acceptors (Lipinski definition) is 5. The molecule has 5 heteroatoms. The second-order valence-electron chi connectivity index (χ2n) is 5.04. The molecule has 0 amide bonds. The summed E-state index contributed by atoms with van der Waals surface area (Å²) in [6, 6.07) is 1.98. The van der Waals surface area contributed by atoms with Gasteiger partial charge < -0.3 is 10.2 Å². The van der Waals surface area contributed by atoms with Gasteiger partial charge in [-0.3, -0.25) is 4.79 Å². The molecule has 0 aromatic carbocycles. The number of ketones is 1. The quantitative estimate of drug-likeness (QED) is 0.882. The van der Waals surface area contributed by atoms with Gasteiger partial charge in [0, 0.05) is 32.1 Å². The van der Waals surface area contributed by atoms with Gasteiger partial charge in [-0.25, -0.2) is 9.97 Å². The highest BCUT2D eigenvalue weighted by molar-refractivity contribution is 5.75. The summed E-state index contributed by atoms with van der Waals surface area (Å²) in [6.07, 6.45) is 7.21. The Morgan fingerprint density at radius 3 is 2.68 bits per heavy atom. The molecule has 2 heterocycles. The van der Waals surface area contributed by atoms with Crippen LogP contribution in [0.4, 0.5) is 11.6 Å². The van der Waals surface area contributed by atoms with Crippen LogP contribution in [0.1, 0.15) is 39.0 Å². The number of anilines is 2. The Morgan fingerprint density at radius 2 is 2.00 bits per heavy atom. The summed E-state index contributed by atoms with van der Waals surface area (Å²) in [5.41, 5.74) is 0. The monoisotopic (exact) mass is 262 g/mol. The lowest BCUT2D eigenvalue weighted by Gasteiger charge is -2.21. The molecule has 1 aromatic heterocycles. The molecule has 19 heavy (non-hydrogen) atoms. The van der Waals surface area contributed by atoms with E-state index in [1.165, 1.54) is 25.7 Å². The molecular formula is C14H22N4O. The number of Topliss-reactive ketones (excluding diaryl/α,β-unsaturated/α-hetero) is 1. The van der Waals surface area contributed by atoms with Gasteiger partial charge in [-0.05, 0) is 19.8 Å². The van der Waals surface area contributed by atoms with Crippen LogP contribution in [0.3, 0.4) is 0 Å². The molecule has 0 saturated carbocycles. The highest BCUT2D eigenvalue weighted by atomic mass is 16.1. The Hall–Kier alpha value is -1.65. The molecule has 0 aliphatic carbocycles. The summed E-state index contributed by atoms with van der Waals surface area (Å²) in [7, 11) is 0. The average molecular weight is 262 g/mol. The predicted octanol–water partition coefficient (Wildman–Crippen LogP) is 2.25. The van der Waals surface area contributed by atoms with Gasteiger partial charge in [-0.1, -0.05) is 12.8 Å². The number of carbonyl (C=O) groups excluding carboxylic acids is 1. The summed E-state index contributed by atoms with van der Waals surface area (Å²) < 4.78 is 0. The van der Waals surface area contributed by atoms with E-state index in [2.05, 4.69) is 20.2 Å². The summed E-state index contributed by atoms with van der Waals surface area (Å²) in [6.45, 7) is 4.38. The highest BCUT2D eigenvalue weighted by Gasteiger charge is 2.11. The van der Waals surface area contributed by atoms with Crippen LogP contribution in [-0.2, 0) is 4.79 Å². The van der Waals surface area contributed by atoms with E-state index >= 15 is 0 Å². The summed E-state index contributed by atoms with van der Waals surface area (Å²) in [4.78, 5) is 21.8. The van der Waals surface area contributed by atoms with Crippen LogP contribution in [0.2, 0.25) is 0 Å². The van der Waals surface area contributed by atoms with Crippen molar-refractivity contribution in [3.8, 4) is 0 Å². The smallest absolute Gasteiger partial charge is 0.134 e. The van der Waals surface area contributed by atoms with E-state index < -0.39 is 0 Å². The molecule has 1 aliphatic heterocycles. The molecular weight excluding hydrogens is 240 g/mol. The van der Waals surface area contributed by atoms with E-state index in [1.807, 2.05) is 6.07 Å². The number of rotatable bonds is 5. The van der Waals surface area contributed by atoms with Crippen molar-refractivity contribution < 1.29 is 4.79 Å². The van der Waals surface area contributed by atoms with Crippen molar-refractivity contribution in [2.24, 2.45) is 0 Å². The molecule has 1 N–H and O–H groups in total. The highest BCUT2D eigenvalue weighted by Crippen LogP contribution is 2.18. The lowest BCUT2D eigenvalue weighted by Crippen LogP contribution is -2.25. The SMILES string of the molecule is CC(=O)CCNc1cc(N2CCCCCC2)ncn1. The molecule has 0 spiro atoms. The zero-order valence-electron chi connectivity index (χ0n) is 11.6. The third-order valence-electron chi connectivity index (χ3n) is 3.37. The van der Waals surface area contributed by atoms with Crippen LogP contribution in [0.5, 0.6) is 0 Å². The molecule has 1 aliphatic rings. The van der Waals surface area contributed by atoms with Crippen molar-refractivity contribution in [3.05, 3.63) is 12.4 Å². The molecule has 2 rings (SSSR count). The fourth-order valence-electron chi connectivity index (χ4n) is 2.28. The van der Waals surface area contributed by atoms with Gasteiger partial charge >= 0.3 is 0 Å². The fraction of sp³-hybridized carbons (Fsp3) is 0.643. The first-order valence-electron chi connectivity index (χ1n) is 7.06. The van der Waals surface area contributed by atoms with Crippen molar-refractivity contribution in [2.45, 2.75) is 39.0 Å². The first kappa shape index (κ1) is 13.8. The van der Waals surface area contributed by atoms with Gasteiger partial charge in [0.25, 0.3) is 0 Å². The van der Waals surface area contributed by atoms with Gasteiger partial charge in [0.2, 0.25) is 0 Å². The third kappa shape index (κ3) is 4.50. The molecule has 0 bridgehead atoms. The van der Waals surface area contributed by atoms with Gasteiger partial charge in [-0.2, -0.15) is 0 Å². The largest absolute Gasteiger partial charge is 0.369 e. The zero-order chi connectivity index (χ0) is 13.5. The number of hydrogen-bond donors (Lipinski definition) is 1. The summed E-state index contributed by atoms with van der Waals surface area (Å²) in [5, 5.41) is 3.17. The van der Waals surface area contributed by atoms with Gasteiger partial charge in [0.1, 0.15) is 23.7 Å². The van der Waals surface area contributed by atoms with E-state index in [4.69, 9.17) is 0 Å². The second kappa shape index (κ2) is 7.07. The summed E-state index contributed by atoms with van der Waals surface area (Å²) >= 11 is 0. The fourth-order valence-corrected chi connectivity index (χ4v) is 2.28. The Labute approximate surface area is 114 Å². The molecule has 104 valence electrons. The topological polar surface area (TPSA) is 58.1 Å². The minimum atomic E-state index is 0.189. The van der Waals surface area contributed by atoms with Gasteiger partial charge in [0.05, 0.1) is 0 Å². The van der Waals surface area contributed by atoms with Crippen molar-refractivity contribution in [2.75, 3.05) is 29.9 Å². The Morgan fingerprint density at radius 1 is 1.26 bits per heavy atom. The number of aromatic nitrogens is 2. The molecule has 0 unspecified atom stereocenters. The van der Waals surface area contributed by atoms with E-state index in [0.717, 1.165) is 24.7 Å². The van der Waals surface area contributed by atoms with Crippen LogP contribution in [-0.4, -0.2) is 35.4 Å². The van der Waals surface area contributed by atoms with E-state index in [0.29, 0.717) is 13.0 Å². The van der Waals surface area contributed by atoms with Crippen molar-refractivity contribution in [1.82, 2.24) is 9.97 Å². The maximum Gasteiger partial charge on any atom is 0.134 e. The van der Waals surface area contributed by atoms with Crippen molar-refractivity contribution in [1.29, 1.82) is 0 Å². The second-order valence-corrected chi connectivity index (χ2v) is 5.04. The molecule has 0 radical (unpaired) electrons. The van der Waals surface area contributed by atoms with Crippen LogP contribution in [0.25, 0.3) is 0 Å². The predicted molar refractivity (Wildman–Crippen MR) is 76.5 cm³/mol. The maximum absolute atomic E-state index is 10.9. The maximum atomic E-state index is 10.9. The lowest BCUT2D eigenvalue weighted by molar-refractivity contribution is -0.116. The van der Waals surface area contributed by atoms with Crippen LogP contribution in [0.15, 0.2) is 12.4 Å². The van der Waals surface area contributed by atoms with Crippen LogP contribution < -0.4 is 10.2 Å². The van der Waals surface area contributed by atoms with Gasteiger partial charge in [0.15, 0.2) is 0 Å². The van der Waals surface area contributed by atoms with E-state index in [9.17, 15) is 4.79 Å². The lowest BCUT2D eigenvalue weighted by atomic mass is 10.2. The standard InChI is InChI=1S/C14H22N4O/c1-12(19)6-7-15-13-10-14(17-11-16-13)18-8-4-2-3-5-9-18/h10-11H,2-9H2,1H3,(H,15,16,17). The molecule has 0 atom stereocenters. The first-order valence-corrected chi connectivity index (χ1v) is 7.06. The van der Waals surface area contributed by atoms with Gasteiger partial charge in [-0.15, -0.1) is 0 Å². The average Bonchev–Trinajstić information content (AvgIpc) is 2.67. The molecule has 1 aromatic rings. The third-order valence-corrected chi connectivity index (χ3v) is 3.37. The van der Waals surface area contributed by atoms with Crippen molar-refractivity contribution >= 4 is 17.4 Å². The van der Waals surface area contributed by atoms with Crippen molar-refractivity contribution in [3.63, 3.8) is 0 Å². The first-order chi connectivity index (χ1) is 9.25. The van der Waals surface area contributed by atoms with E-state index in [1.54, 1.807) is 13.3 Å². The van der Waals surface area contributed by atoms with E-state index in [-0.39, 0.29) is 5.78 Å². The Bertz CT molecular complexity index is 414. The normalized spacial score (nSPS) is 15.9. The zero-order valence-corrected chi connectivity index (χ0v) is 11.6. The van der Waals surface area contributed by atoms with Crippen LogP contribution >= 0.6 is 0 Å². The Balaban J connectivity index is 1.95. The summed E-state index contributed by atoms with van der Waals surface area (Å²) in [5.74, 6) is 1.98. The minimum absolute atomic E-state index is 0.189. The minimum Gasteiger partial charge on any atom is -0.369 e. The number of nitrogens with zero attached hydrogens (tertiary/aromatic N) is 3. The number of carbonyl (C=O) groups is 1.